The van der Waals surface area contributed by atoms with Gasteiger partial charge < -0.3 is 33.8 Å². The Hall–Kier alpha value is -1.94. The number of unbranched alkanes of at least 4 members (excludes halogenated alkanes) is 35. The highest BCUT2D eigenvalue weighted by Crippen LogP contribution is 2.45. The molecule has 19 heteroatoms. The summed E-state index contributed by atoms with van der Waals surface area (Å²) in [6, 6.07) is 0. The standard InChI is InChI=1S/C70H136O17P2/c1-8-10-11-12-13-14-15-16-17-18-19-20-23-30-39-46-53-69(74)86-65(57-80-67(72)51-44-37-29-24-21-22-27-34-41-48-61(3)4)59-84-88(76,77)82-55-64(71)56-83-89(78,79)85-60-66(58-81-68(73)52-45-38-33-32-36-43-50-63(7)9-2)87-70(75)54-47-40-31-26-25-28-35-42-49-62(5)6/h61-66,71H,8-60H2,1-7H3,(H,76,77)(H,78,79)/t63?,64-,65-,66-/m1/s1. The molecule has 6 atom stereocenters. The SMILES string of the molecule is CCCCCCCCCCCCCCCCCCC(=O)O[C@H](COC(=O)CCCCCCCCCCCC(C)C)COP(=O)(O)OC[C@@H](O)COP(=O)(O)OC[C@@H](COC(=O)CCCCCCCCC(C)CC)OC(=O)CCCCCCCCCCC(C)C. The van der Waals surface area contributed by atoms with Crippen LogP contribution in [0.5, 0.6) is 0 Å². The van der Waals surface area contributed by atoms with Crippen LogP contribution < -0.4 is 0 Å². The molecule has 0 bridgehead atoms. The Morgan fingerprint density at radius 2 is 0.573 bits per heavy atom. The third kappa shape index (κ3) is 63.2. The van der Waals surface area contributed by atoms with Gasteiger partial charge in [0, 0.05) is 25.7 Å². The van der Waals surface area contributed by atoms with E-state index in [9.17, 15) is 43.2 Å². The average molecular weight is 1310 g/mol. The molecule has 0 aliphatic carbocycles. The van der Waals surface area contributed by atoms with E-state index in [1.54, 1.807) is 0 Å². The minimum absolute atomic E-state index is 0.103. The van der Waals surface area contributed by atoms with Crippen LogP contribution in [0.4, 0.5) is 0 Å². The maximum Gasteiger partial charge on any atom is 0.472 e. The van der Waals surface area contributed by atoms with Gasteiger partial charge >= 0.3 is 39.5 Å². The van der Waals surface area contributed by atoms with Crippen LogP contribution in [0.2, 0.25) is 0 Å². The number of esters is 4. The van der Waals surface area contributed by atoms with Crippen molar-refractivity contribution in [3.8, 4) is 0 Å². The molecule has 0 aliphatic heterocycles. The maximum absolute atomic E-state index is 13.0. The second kappa shape index (κ2) is 61.0. The first-order valence-electron chi connectivity index (χ1n) is 36.4. The molecule has 0 fully saturated rings. The van der Waals surface area contributed by atoms with Crippen molar-refractivity contribution in [1.29, 1.82) is 0 Å². The zero-order valence-corrected chi connectivity index (χ0v) is 59.7. The van der Waals surface area contributed by atoms with E-state index in [0.29, 0.717) is 25.7 Å². The number of hydrogen-bond acceptors (Lipinski definition) is 15. The van der Waals surface area contributed by atoms with Gasteiger partial charge in [0.25, 0.3) is 0 Å². The summed E-state index contributed by atoms with van der Waals surface area (Å²) in [5.41, 5.74) is 0. The molecule has 0 heterocycles. The van der Waals surface area contributed by atoms with E-state index in [4.69, 9.17) is 37.0 Å². The quantitative estimate of drug-likeness (QED) is 0.0222. The van der Waals surface area contributed by atoms with Gasteiger partial charge in [0.1, 0.15) is 19.3 Å². The summed E-state index contributed by atoms with van der Waals surface area (Å²) in [5, 5.41) is 10.6. The third-order valence-corrected chi connectivity index (χ3v) is 18.4. The first-order chi connectivity index (χ1) is 42.8. The first-order valence-corrected chi connectivity index (χ1v) is 39.4. The summed E-state index contributed by atoms with van der Waals surface area (Å²) in [6.07, 6.45) is 44.5. The second-order valence-corrected chi connectivity index (χ2v) is 29.4. The van der Waals surface area contributed by atoms with Crippen LogP contribution in [-0.2, 0) is 65.4 Å². The maximum atomic E-state index is 13.0. The minimum atomic E-state index is -4.95. The van der Waals surface area contributed by atoms with Crippen molar-refractivity contribution in [2.45, 2.75) is 369 Å². The molecule has 0 radical (unpaired) electrons. The van der Waals surface area contributed by atoms with Crippen LogP contribution in [0.15, 0.2) is 0 Å². The molecule has 0 aromatic carbocycles. The number of ether oxygens (including phenoxy) is 4. The van der Waals surface area contributed by atoms with Gasteiger partial charge in [0.15, 0.2) is 12.2 Å². The summed E-state index contributed by atoms with van der Waals surface area (Å²) in [4.78, 5) is 72.5. The van der Waals surface area contributed by atoms with Crippen LogP contribution >= 0.6 is 15.6 Å². The molecule has 0 aromatic heterocycles. The first kappa shape index (κ1) is 87.1. The van der Waals surface area contributed by atoms with Gasteiger partial charge in [0.05, 0.1) is 26.4 Å². The largest absolute Gasteiger partial charge is 0.472 e. The van der Waals surface area contributed by atoms with Crippen molar-refractivity contribution < 1.29 is 80.2 Å². The molecule has 0 rings (SSSR count). The Labute approximate surface area is 543 Å². The van der Waals surface area contributed by atoms with E-state index < -0.39 is 97.5 Å². The van der Waals surface area contributed by atoms with Crippen molar-refractivity contribution in [1.82, 2.24) is 0 Å². The lowest BCUT2D eigenvalue weighted by Crippen LogP contribution is -2.30. The van der Waals surface area contributed by atoms with E-state index >= 15 is 0 Å². The molecular formula is C70H136O17P2. The predicted octanol–water partition coefficient (Wildman–Crippen LogP) is 19.8. The van der Waals surface area contributed by atoms with Crippen LogP contribution in [0, 0.1) is 17.8 Å². The molecule has 0 spiro atoms. The minimum Gasteiger partial charge on any atom is -0.462 e. The molecular weight excluding hydrogens is 1170 g/mol. The number of hydrogen-bond donors (Lipinski definition) is 3. The lowest BCUT2D eigenvalue weighted by molar-refractivity contribution is -0.161. The highest BCUT2D eigenvalue weighted by molar-refractivity contribution is 7.47. The number of rotatable bonds is 68. The van der Waals surface area contributed by atoms with Gasteiger partial charge in [-0.15, -0.1) is 0 Å². The monoisotopic (exact) mass is 1310 g/mol. The fraction of sp³-hybridized carbons (Fsp3) is 0.943. The number of phosphoric acid groups is 2. The molecule has 89 heavy (non-hydrogen) atoms. The van der Waals surface area contributed by atoms with Crippen molar-refractivity contribution in [3.05, 3.63) is 0 Å². The van der Waals surface area contributed by atoms with Gasteiger partial charge in [0.2, 0.25) is 0 Å². The zero-order chi connectivity index (χ0) is 65.9. The van der Waals surface area contributed by atoms with Gasteiger partial charge in [-0.1, -0.05) is 299 Å². The molecule has 0 saturated heterocycles. The Morgan fingerprint density at radius 3 is 0.854 bits per heavy atom. The van der Waals surface area contributed by atoms with Gasteiger partial charge in [-0.25, -0.2) is 9.13 Å². The van der Waals surface area contributed by atoms with Gasteiger partial charge in [-0.2, -0.15) is 0 Å². The highest BCUT2D eigenvalue weighted by Gasteiger charge is 2.30. The Kier molecular flexibility index (Phi) is 59.6. The fourth-order valence-electron chi connectivity index (χ4n) is 10.5. The normalized spacial score (nSPS) is 14.5. The lowest BCUT2D eigenvalue weighted by Gasteiger charge is -2.21. The van der Waals surface area contributed by atoms with E-state index in [1.807, 2.05) is 0 Å². The van der Waals surface area contributed by atoms with E-state index in [-0.39, 0.29) is 25.7 Å². The molecule has 0 amide bonds. The molecule has 17 nitrogen and oxygen atoms in total. The summed E-state index contributed by atoms with van der Waals surface area (Å²) in [7, 11) is -9.90. The molecule has 3 unspecified atom stereocenters. The molecule has 0 aliphatic rings. The Bertz CT molecular complexity index is 1750. The highest BCUT2D eigenvalue weighted by atomic mass is 31.2. The van der Waals surface area contributed by atoms with Crippen LogP contribution in [-0.4, -0.2) is 96.7 Å². The molecule has 528 valence electrons. The van der Waals surface area contributed by atoms with Gasteiger partial charge in [-0.3, -0.25) is 37.3 Å². The van der Waals surface area contributed by atoms with E-state index in [0.717, 1.165) is 114 Å². The van der Waals surface area contributed by atoms with Crippen LogP contribution in [0.1, 0.15) is 350 Å². The zero-order valence-electron chi connectivity index (χ0n) is 57.9. The number of carbonyl (C=O) groups excluding carboxylic acids is 4. The van der Waals surface area contributed by atoms with Crippen LogP contribution in [0.25, 0.3) is 0 Å². The summed E-state index contributed by atoms with van der Waals surface area (Å²) in [5.74, 6) is 0.0644. The molecule has 0 aromatic rings. The van der Waals surface area contributed by atoms with Crippen LogP contribution in [0.3, 0.4) is 0 Å². The molecule has 0 saturated carbocycles. The topological polar surface area (TPSA) is 237 Å². The Morgan fingerprint density at radius 1 is 0.326 bits per heavy atom. The number of phosphoric ester groups is 2. The van der Waals surface area contributed by atoms with Gasteiger partial charge in [-0.05, 0) is 43.4 Å². The van der Waals surface area contributed by atoms with Crippen molar-refractivity contribution >= 4 is 39.5 Å². The summed E-state index contributed by atoms with van der Waals surface area (Å²) in [6.45, 7) is 11.8. The molecule has 3 N–H and O–H groups in total. The average Bonchev–Trinajstić information content (AvgIpc) is 3.64. The van der Waals surface area contributed by atoms with E-state index in [2.05, 4.69) is 48.5 Å². The van der Waals surface area contributed by atoms with E-state index in [1.165, 1.54) is 154 Å². The number of carbonyl (C=O) groups is 4. The Balaban J connectivity index is 5.25. The summed E-state index contributed by atoms with van der Waals surface area (Å²) >= 11 is 0. The van der Waals surface area contributed by atoms with Crippen molar-refractivity contribution in [2.24, 2.45) is 17.8 Å². The fourth-order valence-corrected chi connectivity index (χ4v) is 12.1. The van der Waals surface area contributed by atoms with Crippen molar-refractivity contribution in [2.75, 3.05) is 39.6 Å². The number of aliphatic hydroxyl groups is 1. The smallest absolute Gasteiger partial charge is 0.462 e. The summed E-state index contributed by atoms with van der Waals surface area (Å²) < 4.78 is 68.3. The predicted molar refractivity (Wildman–Crippen MR) is 358 cm³/mol. The number of aliphatic hydroxyl groups excluding tert-OH is 1. The third-order valence-electron chi connectivity index (χ3n) is 16.5. The lowest BCUT2D eigenvalue weighted by atomic mass is 10.00. The van der Waals surface area contributed by atoms with Crippen molar-refractivity contribution in [3.63, 3.8) is 0 Å². The second-order valence-electron chi connectivity index (χ2n) is 26.5.